The minimum Gasteiger partial charge on any atom is -0.493 e. The molecule has 19 heavy (non-hydrogen) atoms. The Morgan fingerprint density at radius 3 is 2.53 bits per heavy atom. The maximum Gasteiger partial charge on any atom is 0.119 e. The van der Waals surface area contributed by atoms with E-state index in [1.165, 1.54) is 32.1 Å². The fourth-order valence-electron chi connectivity index (χ4n) is 2.42. The summed E-state index contributed by atoms with van der Waals surface area (Å²) < 4.78 is 5.84. The summed E-state index contributed by atoms with van der Waals surface area (Å²) in [4.78, 5) is 0. The number of hydrogen-bond acceptors (Lipinski definition) is 2. The second-order valence-electron chi connectivity index (χ2n) is 5.11. The molecule has 0 bridgehead atoms. The Morgan fingerprint density at radius 2 is 1.84 bits per heavy atom. The Morgan fingerprint density at radius 1 is 1.11 bits per heavy atom. The molecule has 0 radical (unpaired) electrons. The van der Waals surface area contributed by atoms with Crippen LogP contribution < -0.4 is 4.74 Å². The van der Waals surface area contributed by atoms with Gasteiger partial charge in [-0.3, -0.25) is 0 Å². The Bertz CT molecular complexity index is 419. The molecule has 0 aromatic heterocycles. The third-order valence-corrected chi connectivity index (χ3v) is 3.53. The van der Waals surface area contributed by atoms with Gasteiger partial charge >= 0.3 is 0 Å². The predicted molar refractivity (Wildman–Crippen MR) is 77.1 cm³/mol. The third kappa shape index (κ3) is 4.96. The molecule has 2 heteroatoms. The first-order valence-electron chi connectivity index (χ1n) is 7.21. The van der Waals surface area contributed by atoms with Crippen LogP contribution in [-0.2, 0) is 0 Å². The van der Waals surface area contributed by atoms with E-state index in [2.05, 4.69) is 11.8 Å². The topological polar surface area (TPSA) is 29.5 Å². The summed E-state index contributed by atoms with van der Waals surface area (Å²) in [5, 5.41) is 8.66. The van der Waals surface area contributed by atoms with Crippen molar-refractivity contribution in [2.75, 3.05) is 13.2 Å². The van der Waals surface area contributed by atoms with Crippen LogP contribution in [0.4, 0.5) is 0 Å². The van der Waals surface area contributed by atoms with Crippen molar-refractivity contribution in [1.82, 2.24) is 0 Å². The minimum absolute atomic E-state index is 0.121. The van der Waals surface area contributed by atoms with Gasteiger partial charge in [0.15, 0.2) is 0 Å². The molecule has 0 aliphatic heterocycles. The van der Waals surface area contributed by atoms with Crippen LogP contribution in [0, 0.1) is 17.8 Å². The molecule has 0 unspecified atom stereocenters. The molecule has 0 spiro atoms. The van der Waals surface area contributed by atoms with Gasteiger partial charge in [-0.15, -0.1) is 0 Å². The zero-order valence-corrected chi connectivity index (χ0v) is 11.4. The molecule has 1 aromatic rings. The standard InChI is InChI=1S/C17H22O2/c18-13-5-4-6-15-9-11-17(12-10-15)19-14-16-7-2-1-3-8-16/h9-12,16,18H,1-3,5,7-8,13-14H2. The molecular formula is C17H22O2. The third-order valence-electron chi connectivity index (χ3n) is 3.53. The number of ether oxygens (including phenoxy) is 1. The zero-order valence-electron chi connectivity index (χ0n) is 11.4. The van der Waals surface area contributed by atoms with Crippen LogP contribution in [0.25, 0.3) is 0 Å². The molecular weight excluding hydrogens is 236 g/mol. The van der Waals surface area contributed by atoms with E-state index in [0.717, 1.165) is 23.8 Å². The highest BCUT2D eigenvalue weighted by molar-refractivity contribution is 5.38. The van der Waals surface area contributed by atoms with Crippen molar-refractivity contribution >= 4 is 0 Å². The van der Waals surface area contributed by atoms with Crippen molar-refractivity contribution in [2.24, 2.45) is 5.92 Å². The first-order chi connectivity index (χ1) is 9.38. The Kier molecular flexibility index (Phi) is 5.78. The van der Waals surface area contributed by atoms with Gasteiger partial charge in [-0.2, -0.15) is 0 Å². The first kappa shape index (κ1) is 14.0. The Balaban J connectivity index is 1.80. The van der Waals surface area contributed by atoms with Gasteiger partial charge in [-0.05, 0) is 43.0 Å². The molecule has 1 aliphatic carbocycles. The van der Waals surface area contributed by atoms with Gasteiger partial charge < -0.3 is 9.84 Å². The van der Waals surface area contributed by atoms with Crippen LogP contribution in [0.5, 0.6) is 5.75 Å². The monoisotopic (exact) mass is 258 g/mol. The molecule has 1 aromatic carbocycles. The van der Waals surface area contributed by atoms with E-state index in [-0.39, 0.29) is 6.61 Å². The fourth-order valence-corrected chi connectivity index (χ4v) is 2.42. The highest BCUT2D eigenvalue weighted by Crippen LogP contribution is 2.24. The van der Waals surface area contributed by atoms with Crippen LogP contribution in [0.15, 0.2) is 24.3 Å². The lowest BCUT2D eigenvalue weighted by molar-refractivity contribution is 0.209. The van der Waals surface area contributed by atoms with Crippen molar-refractivity contribution in [2.45, 2.75) is 38.5 Å². The fraction of sp³-hybridized carbons (Fsp3) is 0.529. The number of aliphatic hydroxyl groups excluding tert-OH is 1. The normalized spacial score (nSPS) is 15.6. The van der Waals surface area contributed by atoms with E-state index >= 15 is 0 Å². The van der Waals surface area contributed by atoms with Gasteiger partial charge in [-0.1, -0.05) is 31.1 Å². The highest BCUT2D eigenvalue weighted by Gasteiger charge is 2.13. The number of rotatable bonds is 4. The average molecular weight is 258 g/mol. The predicted octanol–water partition coefficient (Wildman–Crippen LogP) is 3.38. The summed E-state index contributed by atoms with van der Waals surface area (Å²) >= 11 is 0. The second-order valence-corrected chi connectivity index (χ2v) is 5.11. The maximum atomic E-state index is 8.66. The van der Waals surface area contributed by atoms with Crippen molar-refractivity contribution in [3.05, 3.63) is 29.8 Å². The van der Waals surface area contributed by atoms with Gasteiger partial charge in [0.25, 0.3) is 0 Å². The first-order valence-corrected chi connectivity index (χ1v) is 7.21. The minimum atomic E-state index is 0.121. The summed E-state index contributed by atoms with van der Waals surface area (Å²) in [6.07, 6.45) is 7.24. The van der Waals surface area contributed by atoms with Crippen LogP contribution in [0.1, 0.15) is 44.1 Å². The van der Waals surface area contributed by atoms with Crippen LogP contribution in [0.2, 0.25) is 0 Å². The van der Waals surface area contributed by atoms with E-state index in [4.69, 9.17) is 9.84 Å². The molecule has 0 atom stereocenters. The summed E-state index contributed by atoms with van der Waals surface area (Å²) in [5.74, 6) is 7.59. The molecule has 102 valence electrons. The lowest BCUT2D eigenvalue weighted by Gasteiger charge is -2.21. The lowest BCUT2D eigenvalue weighted by atomic mass is 9.90. The Labute approximate surface area is 115 Å². The molecule has 1 N–H and O–H groups in total. The maximum absolute atomic E-state index is 8.66. The summed E-state index contributed by atoms with van der Waals surface area (Å²) in [6.45, 7) is 0.963. The summed E-state index contributed by atoms with van der Waals surface area (Å²) in [7, 11) is 0. The number of benzene rings is 1. The largest absolute Gasteiger partial charge is 0.493 e. The highest BCUT2D eigenvalue weighted by atomic mass is 16.5. The quantitative estimate of drug-likeness (QED) is 0.839. The molecule has 1 aliphatic rings. The molecule has 0 amide bonds. The number of aliphatic hydroxyl groups is 1. The number of hydrogen-bond donors (Lipinski definition) is 1. The van der Waals surface area contributed by atoms with Crippen LogP contribution >= 0.6 is 0 Å². The van der Waals surface area contributed by atoms with Crippen molar-refractivity contribution in [1.29, 1.82) is 0 Å². The summed E-state index contributed by atoms with van der Waals surface area (Å²) in [6, 6.07) is 7.90. The average Bonchev–Trinajstić information content (AvgIpc) is 2.48. The van der Waals surface area contributed by atoms with E-state index < -0.39 is 0 Å². The zero-order chi connectivity index (χ0) is 13.3. The molecule has 0 saturated heterocycles. The molecule has 1 fully saturated rings. The van der Waals surface area contributed by atoms with E-state index in [9.17, 15) is 0 Å². The van der Waals surface area contributed by atoms with E-state index in [1.807, 2.05) is 24.3 Å². The van der Waals surface area contributed by atoms with Crippen molar-refractivity contribution in [3.8, 4) is 17.6 Å². The van der Waals surface area contributed by atoms with Crippen LogP contribution in [0.3, 0.4) is 0 Å². The summed E-state index contributed by atoms with van der Waals surface area (Å²) in [5.41, 5.74) is 0.971. The van der Waals surface area contributed by atoms with E-state index in [0.29, 0.717) is 6.42 Å². The lowest BCUT2D eigenvalue weighted by Crippen LogP contribution is -2.15. The van der Waals surface area contributed by atoms with Gasteiger partial charge in [0, 0.05) is 12.0 Å². The van der Waals surface area contributed by atoms with Gasteiger partial charge in [0.2, 0.25) is 0 Å². The van der Waals surface area contributed by atoms with E-state index in [1.54, 1.807) is 0 Å². The molecule has 2 nitrogen and oxygen atoms in total. The SMILES string of the molecule is OCCC#Cc1ccc(OCC2CCCCC2)cc1. The van der Waals surface area contributed by atoms with Crippen molar-refractivity contribution < 1.29 is 9.84 Å². The molecule has 2 rings (SSSR count). The van der Waals surface area contributed by atoms with Crippen molar-refractivity contribution in [3.63, 3.8) is 0 Å². The van der Waals surface area contributed by atoms with Crippen LogP contribution in [-0.4, -0.2) is 18.3 Å². The molecule has 0 heterocycles. The second kappa shape index (κ2) is 7.86. The molecule has 1 saturated carbocycles. The van der Waals surface area contributed by atoms with Gasteiger partial charge in [0.05, 0.1) is 13.2 Å². The Hall–Kier alpha value is -1.46. The van der Waals surface area contributed by atoms with Gasteiger partial charge in [-0.25, -0.2) is 0 Å². The smallest absolute Gasteiger partial charge is 0.119 e. The van der Waals surface area contributed by atoms with Gasteiger partial charge in [0.1, 0.15) is 5.75 Å².